The third-order valence-electron chi connectivity index (χ3n) is 1.70. The molecule has 14 heavy (non-hydrogen) atoms. The molecule has 1 aromatic rings. The molecule has 1 nitrogen and oxygen atoms in total. The monoisotopic (exact) mass is 224 g/mol. The quantitative estimate of drug-likeness (QED) is 0.699. The Labute approximate surface area is 84.4 Å². The summed E-state index contributed by atoms with van der Waals surface area (Å²) < 4.78 is 41.3. The van der Waals surface area contributed by atoms with Crippen LogP contribution in [-0.4, -0.2) is 13.3 Å². The Balaban J connectivity index is 2.87. The van der Waals surface area contributed by atoms with Crippen LogP contribution in [0.3, 0.4) is 0 Å². The van der Waals surface area contributed by atoms with Gasteiger partial charge in [0.1, 0.15) is 5.75 Å². The average Bonchev–Trinajstić information content (AvgIpc) is 2.15. The standard InChI is InChI=1S/C9H8ClF3O/c1-14-7-4-2-6(3-5-7)8(10)9(11,12)13/h2-5,8H,1H3/t8-/m1/s1. The Hall–Kier alpha value is -0.900. The van der Waals surface area contributed by atoms with Gasteiger partial charge in [-0.05, 0) is 17.7 Å². The Kier molecular flexibility index (Phi) is 3.26. The SMILES string of the molecule is COc1ccc([C@@H](Cl)C(F)(F)F)cc1. The summed E-state index contributed by atoms with van der Waals surface area (Å²) >= 11 is 5.21. The fourth-order valence-electron chi connectivity index (χ4n) is 0.962. The van der Waals surface area contributed by atoms with E-state index in [4.69, 9.17) is 16.3 Å². The van der Waals surface area contributed by atoms with Gasteiger partial charge in [0.2, 0.25) is 0 Å². The Morgan fingerprint density at radius 1 is 1.21 bits per heavy atom. The van der Waals surface area contributed by atoms with Crippen LogP contribution in [0.5, 0.6) is 5.75 Å². The molecule has 78 valence electrons. The molecule has 0 aliphatic heterocycles. The second-order valence-corrected chi connectivity index (χ2v) is 3.11. The second-order valence-electron chi connectivity index (χ2n) is 2.68. The molecule has 0 radical (unpaired) electrons. The number of halogens is 4. The lowest BCUT2D eigenvalue weighted by Gasteiger charge is -2.13. The average molecular weight is 225 g/mol. The van der Waals surface area contributed by atoms with Crippen LogP contribution in [0.15, 0.2) is 24.3 Å². The van der Waals surface area contributed by atoms with Crippen molar-refractivity contribution in [3.8, 4) is 5.75 Å². The molecule has 0 unspecified atom stereocenters. The van der Waals surface area contributed by atoms with Crippen molar-refractivity contribution >= 4 is 11.6 Å². The highest BCUT2D eigenvalue weighted by molar-refractivity contribution is 6.21. The summed E-state index contributed by atoms with van der Waals surface area (Å²) in [5.74, 6) is 0.500. The van der Waals surface area contributed by atoms with Crippen LogP contribution in [0, 0.1) is 0 Å². The van der Waals surface area contributed by atoms with Crippen LogP contribution < -0.4 is 4.74 Å². The zero-order valence-corrected chi connectivity index (χ0v) is 8.06. The molecule has 5 heteroatoms. The summed E-state index contributed by atoms with van der Waals surface area (Å²) in [6.45, 7) is 0. The fourth-order valence-corrected chi connectivity index (χ4v) is 1.11. The lowest BCUT2D eigenvalue weighted by Crippen LogP contribution is -2.15. The topological polar surface area (TPSA) is 9.23 Å². The molecule has 0 aliphatic rings. The van der Waals surface area contributed by atoms with Gasteiger partial charge in [0.05, 0.1) is 7.11 Å². The van der Waals surface area contributed by atoms with Crippen LogP contribution in [0.4, 0.5) is 13.2 Å². The van der Waals surface area contributed by atoms with Crippen LogP contribution in [0.1, 0.15) is 10.9 Å². The predicted octanol–water partition coefficient (Wildman–Crippen LogP) is 3.54. The van der Waals surface area contributed by atoms with E-state index in [0.29, 0.717) is 5.75 Å². The summed E-state index contributed by atoms with van der Waals surface area (Å²) in [6, 6.07) is 5.47. The van der Waals surface area contributed by atoms with Crippen molar-refractivity contribution in [1.29, 1.82) is 0 Å². The maximum Gasteiger partial charge on any atom is 0.408 e. The van der Waals surface area contributed by atoms with Crippen molar-refractivity contribution in [2.45, 2.75) is 11.6 Å². The lowest BCUT2D eigenvalue weighted by atomic mass is 10.1. The molecule has 1 rings (SSSR count). The van der Waals surface area contributed by atoms with Gasteiger partial charge in [0, 0.05) is 0 Å². The van der Waals surface area contributed by atoms with Gasteiger partial charge in [0.25, 0.3) is 0 Å². The van der Waals surface area contributed by atoms with E-state index in [1.165, 1.54) is 31.4 Å². The van der Waals surface area contributed by atoms with Crippen LogP contribution in [0.2, 0.25) is 0 Å². The Bertz CT molecular complexity index is 294. The summed E-state index contributed by atoms with van der Waals surface area (Å²) in [5, 5.41) is -1.96. The third kappa shape index (κ3) is 2.54. The first-order chi connectivity index (χ1) is 6.45. The molecule has 0 N–H and O–H groups in total. The van der Waals surface area contributed by atoms with E-state index in [1.54, 1.807) is 0 Å². The molecule has 1 atom stereocenters. The highest BCUT2D eigenvalue weighted by Crippen LogP contribution is 2.38. The van der Waals surface area contributed by atoms with Gasteiger partial charge < -0.3 is 4.74 Å². The largest absolute Gasteiger partial charge is 0.497 e. The van der Waals surface area contributed by atoms with Crippen molar-refractivity contribution in [3.63, 3.8) is 0 Å². The minimum absolute atomic E-state index is 0.0139. The van der Waals surface area contributed by atoms with Gasteiger partial charge in [-0.2, -0.15) is 13.2 Å². The number of hydrogen-bond donors (Lipinski definition) is 0. The van der Waals surface area contributed by atoms with Gasteiger partial charge in [0.15, 0.2) is 5.38 Å². The normalized spacial score (nSPS) is 13.8. The van der Waals surface area contributed by atoms with Crippen molar-refractivity contribution in [2.75, 3.05) is 7.11 Å². The van der Waals surface area contributed by atoms with Crippen LogP contribution in [0.25, 0.3) is 0 Å². The molecule has 0 amide bonds. The smallest absolute Gasteiger partial charge is 0.408 e. The second kappa shape index (κ2) is 4.09. The van der Waals surface area contributed by atoms with Crippen molar-refractivity contribution in [2.24, 2.45) is 0 Å². The van der Waals surface area contributed by atoms with Crippen molar-refractivity contribution < 1.29 is 17.9 Å². The number of ether oxygens (including phenoxy) is 1. The van der Waals surface area contributed by atoms with E-state index in [0.717, 1.165) is 0 Å². The van der Waals surface area contributed by atoms with E-state index in [2.05, 4.69) is 0 Å². The molecule has 1 aromatic carbocycles. The van der Waals surface area contributed by atoms with E-state index in [1.807, 2.05) is 0 Å². The van der Waals surface area contributed by atoms with Gasteiger partial charge in [-0.25, -0.2) is 0 Å². The van der Waals surface area contributed by atoms with Crippen molar-refractivity contribution in [3.05, 3.63) is 29.8 Å². The maximum atomic E-state index is 12.2. The number of methoxy groups -OCH3 is 1. The molecule has 0 bridgehead atoms. The molecule has 0 aromatic heterocycles. The minimum Gasteiger partial charge on any atom is -0.497 e. The fraction of sp³-hybridized carbons (Fsp3) is 0.333. The lowest BCUT2D eigenvalue weighted by molar-refractivity contribution is -0.131. The summed E-state index contributed by atoms with van der Waals surface area (Å²) in [6.07, 6.45) is -4.42. The van der Waals surface area contributed by atoms with Crippen LogP contribution >= 0.6 is 11.6 Å². The third-order valence-corrected chi connectivity index (χ3v) is 2.20. The molecule has 0 fully saturated rings. The molecule has 0 spiro atoms. The van der Waals surface area contributed by atoms with E-state index in [9.17, 15) is 13.2 Å². The summed E-state index contributed by atoms with van der Waals surface area (Å²) in [7, 11) is 1.44. The molecule has 0 heterocycles. The molecular weight excluding hydrogens is 217 g/mol. The first kappa shape index (κ1) is 11.2. The summed E-state index contributed by atoms with van der Waals surface area (Å²) in [5.41, 5.74) is 0.0139. The number of alkyl halides is 4. The zero-order valence-electron chi connectivity index (χ0n) is 7.31. The Morgan fingerprint density at radius 2 is 1.71 bits per heavy atom. The highest BCUT2D eigenvalue weighted by Gasteiger charge is 2.39. The maximum absolute atomic E-state index is 12.2. The number of rotatable bonds is 2. The number of benzene rings is 1. The van der Waals surface area contributed by atoms with Crippen molar-refractivity contribution in [1.82, 2.24) is 0 Å². The molecule has 0 saturated carbocycles. The highest BCUT2D eigenvalue weighted by atomic mass is 35.5. The number of hydrogen-bond acceptors (Lipinski definition) is 1. The minimum atomic E-state index is -4.42. The molecular formula is C9H8ClF3O. The van der Waals surface area contributed by atoms with Gasteiger partial charge in [-0.15, -0.1) is 11.6 Å². The van der Waals surface area contributed by atoms with Crippen LogP contribution in [-0.2, 0) is 0 Å². The molecule has 0 aliphatic carbocycles. The first-order valence-corrected chi connectivity index (χ1v) is 4.23. The Morgan fingerprint density at radius 3 is 2.07 bits per heavy atom. The summed E-state index contributed by atoms with van der Waals surface area (Å²) in [4.78, 5) is 0. The van der Waals surface area contributed by atoms with Gasteiger partial charge >= 0.3 is 6.18 Å². The van der Waals surface area contributed by atoms with Gasteiger partial charge in [-0.1, -0.05) is 12.1 Å². The molecule has 0 saturated heterocycles. The van der Waals surface area contributed by atoms with E-state index in [-0.39, 0.29) is 5.56 Å². The van der Waals surface area contributed by atoms with E-state index >= 15 is 0 Å². The van der Waals surface area contributed by atoms with Gasteiger partial charge in [-0.3, -0.25) is 0 Å². The predicted molar refractivity (Wildman–Crippen MR) is 47.6 cm³/mol. The zero-order chi connectivity index (χ0) is 10.8. The van der Waals surface area contributed by atoms with E-state index < -0.39 is 11.6 Å². The first-order valence-electron chi connectivity index (χ1n) is 3.80.